The number of nitrogens with one attached hydrogen (secondary N) is 1. The van der Waals surface area contributed by atoms with Crippen LogP contribution in [0.3, 0.4) is 0 Å². The Labute approximate surface area is 112 Å². The highest BCUT2D eigenvalue weighted by molar-refractivity contribution is 7.17. The van der Waals surface area contributed by atoms with Crippen LogP contribution < -0.4 is 5.32 Å². The number of nitrogens with zero attached hydrogens (tertiary/aromatic N) is 2. The minimum Gasteiger partial charge on any atom is -0.368 e. The highest BCUT2D eigenvalue weighted by atomic mass is 32.1. The summed E-state index contributed by atoms with van der Waals surface area (Å²) in [6, 6.07) is 2.05. The predicted molar refractivity (Wildman–Crippen MR) is 77.1 cm³/mol. The van der Waals surface area contributed by atoms with Crippen molar-refractivity contribution in [1.29, 1.82) is 0 Å². The van der Waals surface area contributed by atoms with Gasteiger partial charge in [0.15, 0.2) is 0 Å². The first kappa shape index (κ1) is 11.9. The third-order valence-corrected chi connectivity index (χ3v) is 5.20. The summed E-state index contributed by atoms with van der Waals surface area (Å²) >= 11 is 1.72. The van der Waals surface area contributed by atoms with Crippen LogP contribution in [-0.2, 0) is 0 Å². The van der Waals surface area contributed by atoms with Gasteiger partial charge in [0.05, 0.1) is 10.2 Å². The Balaban J connectivity index is 1.78. The molecule has 1 saturated carbocycles. The SMILES string of the molecule is CCC1(CNc2ncnc3ccsc23)CCCC1. The van der Waals surface area contributed by atoms with E-state index < -0.39 is 0 Å². The van der Waals surface area contributed by atoms with E-state index in [2.05, 4.69) is 33.7 Å². The van der Waals surface area contributed by atoms with Crippen molar-refractivity contribution in [2.75, 3.05) is 11.9 Å². The summed E-state index contributed by atoms with van der Waals surface area (Å²) in [5, 5.41) is 5.65. The Bertz CT molecular complexity index is 529. The van der Waals surface area contributed by atoms with Crippen molar-refractivity contribution in [3.05, 3.63) is 17.8 Å². The summed E-state index contributed by atoms with van der Waals surface area (Å²) < 4.78 is 1.18. The molecule has 0 unspecified atom stereocenters. The lowest BCUT2D eigenvalue weighted by molar-refractivity contribution is 0.306. The van der Waals surface area contributed by atoms with E-state index in [9.17, 15) is 0 Å². The molecule has 2 aromatic rings. The zero-order valence-corrected chi connectivity index (χ0v) is 11.6. The fourth-order valence-electron chi connectivity index (χ4n) is 2.97. The Morgan fingerprint density at radius 3 is 2.94 bits per heavy atom. The van der Waals surface area contributed by atoms with Crippen molar-refractivity contribution in [3.63, 3.8) is 0 Å². The van der Waals surface area contributed by atoms with Gasteiger partial charge in [0.2, 0.25) is 0 Å². The lowest BCUT2D eigenvalue weighted by atomic mass is 9.83. The topological polar surface area (TPSA) is 37.8 Å². The van der Waals surface area contributed by atoms with E-state index in [1.54, 1.807) is 17.7 Å². The number of fused-ring (bicyclic) bond motifs is 1. The fourth-order valence-corrected chi connectivity index (χ4v) is 3.78. The molecular weight excluding hydrogens is 242 g/mol. The number of thiophene rings is 1. The van der Waals surface area contributed by atoms with E-state index in [1.807, 2.05) is 0 Å². The molecule has 0 saturated heterocycles. The average molecular weight is 261 g/mol. The van der Waals surface area contributed by atoms with Crippen LogP contribution in [0.1, 0.15) is 39.0 Å². The van der Waals surface area contributed by atoms with Crippen LogP contribution in [0.2, 0.25) is 0 Å². The smallest absolute Gasteiger partial charge is 0.147 e. The monoisotopic (exact) mass is 261 g/mol. The molecular formula is C14H19N3S. The van der Waals surface area contributed by atoms with Gasteiger partial charge in [-0.05, 0) is 36.1 Å². The molecule has 3 nitrogen and oxygen atoms in total. The van der Waals surface area contributed by atoms with E-state index >= 15 is 0 Å². The average Bonchev–Trinajstić information content (AvgIpc) is 3.06. The van der Waals surface area contributed by atoms with Crippen LogP contribution in [0.4, 0.5) is 5.82 Å². The van der Waals surface area contributed by atoms with Crippen molar-refractivity contribution in [2.45, 2.75) is 39.0 Å². The lowest BCUT2D eigenvalue weighted by Crippen LogP contribution is -2.26. The number of hydrogen-bond donors (Lipinski definition) is 1. The largest absolute Gasteiger partial charge is 0.368 e. The van der Waals surface area contributed by atoms with Crippen molar-refractivity contribution in [2.24, 2.45) is 5.41 Å². The highest BCUT2D eigenvalue weighted by Crippen LogP contribution is 2.41. The molecule has 0 amide bonds. The Morgan fingerprint density at radius 2 is 2.17 bits per heavy atom. The number of hydrogen-bond acceptors (Lipinski definition) is 4. The molecule has 0 spiro atoms. The Kier molecular flexibility index (Phi) is 3.20. The van der Waals surface area contributed by atoms with Gasteiger partial charge >= 0.3 is 0 Å². The van der Waals surface area contributed by atoms with E-state index in [4.69, 9.17) is 0 Å². The first-order valence-electron chi connectivity index (χ1n) is 6.75. The molecule has 0 radical (unpaired) electrons. The van der Waals surface area contributed by atoms with Gasteiger partial charge in [-0.15, -0.1) is 11.3 Å². The third kappa shape index (κ3) is 2.09. The van der Waals surface area contributed by atoms with Crippen LogP contribution in [0, 0.1) is 5.41 Å². The van der Waals surface area contributed by atoms with Crippen LogP contribution in [-0.4, -0.2) is 16.5 Å². The predicted octanol–water partition coefficient (Wildman–Crippen LogP) is 4.07. The van der Waals surface area contributed by atoms with Gasteiger partial charge in [-0.25, -0.2) is 9.97 Å². The van der Waals surface area contributed by atoms with Crippen molar-refractivity contribution >= 4 is 27.4 Å². The molecule has 1 fully saturated rings. The van der Waals surface area contributed by atoms with Crippen molar-refractivity contribution < 1.29 is 0 Å². The second kappa shape index (κ2) is 4.84. The molecule has 2 aromatic heterocycles. The summed E-state index contributed by atoms with van der Waals surface area (Å²) in [6.45, 7) is 3.36. The van der Waals surface area contributed by atoms with Gasteiger partial charge in [0.25, 0.3) is 0 Å². The van der Waals surface area contributed by atoms with Gasteiger partial charge in [-0.2, -0.15) is 0 Å². The second-order valence-electron chi connectivity index (χ2n) is 5.27. The van der Waals surface area contributed by atoms with E-state index in [0.717, 1.165) is 17.9 Å². The van der Waals surface area contributed by atoms with Crippen molar-refractivity contribution in [1.82, 2.24) is 9.97 Å². The van der Waals surface area contributed by atoms with E-state index in [1.165, 1.54) is 36.8 Å². The molecule has 1 aliphatic rings. The Morgan fingerprint density at radius 1 is 1.33 bits per heavy atom. The van der Waals surface area contributed by atoms with Gasteiger partial charge < -0.3 is 5.32 Å². The lowest BCUT2D eigenvalue weighted by Gasteiger charge is -2.27. The van der Waals surface area contributed by atoms with Gasteiger partial charge in [0.1, 0.15) is 12.1 Å². The molecule has 18 heavy (non-hydrogen) atoms. The maximum Gasteiger partial charge on any atom is 0.147 e. The molecule has 3 rings (SSSR count). The van der Waals surface area contributed by atoms with Crippen LogP contribution >= 0.6 is 11.3 Å². The molecule has 0 aromatic carbocycles. The highest BCUT2D eigenvalue weighted by Gasteiger charge is 2.31. The van der Waals surface area contributed by atoms with Gasteiger partial charge in [-0.3, -0.25) is 0 Å². The molecule has 0 atom stereocenters. The van der Waals surface area contributed by atoms with Crippen LogP contribution in [0.5, 0.6) is 0 Å². The first-order valence-corrected chi connectivity index (χ1v) is 7.63. The standard InChI is InChI=1S/C14H19N3S/c1-2-14(6-3-4-7-14)9-15-13-12-11(5-8-18-12)16-10-17-13/h5,8,10H,2-4,6-7,9H2,1H3,(H,15,16,17). The maximum absolute atomic E-state index is 4.39. The second-order valence-corrected chi connectivity index (χ2v) is 6.19. The molecule has 0 aliphatic heterocycles. The number of rotatable bonds is 4. The quantitative estimate of drug-likeness (QED) is 0.901. The zero-order chi connectivity index (χ0) is 12.4. The molecule has 2 heterocycles. The molecule has 0 bridgehead atoms. The fraction of sp³-hybridized carbons (Fsp3) is 0.571. The van der Waals surface area contributed by atoms with Crippen LogP contribution in [0.25, 0.3) is 10.2 Å². The third-order valence-electron chi connectivity index (χ3n) is 4.29. The van der Waals surface area contributed by atoms with Gasteiger partial charge in [-0.1, -0.05) is 19.8 Å². The van der Waals surface area contributed by atoms with Gasteiger partial charge in [0, 0.05) is 6.54 Å². The summed E-state index contributed by atoms with van der Waals surface area (Å²) in [5.41, 5.74) is 1.55. The van der Waals surface area contributed by atoms with Crippen LogP contribution in [0.15, 0.2) is 17.8 Å². The molecule has 4 heteroatoms. The van der Waals surface area contributed by atoms with E-state index in [0.29, 0.717) is 5.41 Å². The minimum absolute atomic E-state index is 0.495. The Hall–Kier alpha value is -1.16. The molecule has 1 N–H and O–H groups in total. The normalized spacial score (nSPS) is 18.3. The molecule has 96 valence electrons. The maximum atomic E-state index is 4.39. The summed E-state index contributed by atoms with van der Waals surface area (Å²) in [6.07, 6.45) is 8.40. The molecule has 1 aliphatic carbocycles. The summed E-state index contributed by atoms with van der Waals surface area (Å²) in [4.78, 5) is 8.67. The van der Waals surface area contributed by atoms with E-state index in [-0.39, 0.29) is 0 Å². The zero-order valence-electron chi connectivity index (χ0n) is 10.8. The number of aromatic nitrogens is 2. The minimum atomic E-state index is 0.495. The van der Waals surface area contributed by atoms with Crippen molar-refractivity contribution in [3.8, 4) is 0 Å². The first-order chi connectivity index (χ1) is 8.83. The summed E-state index contributed by atoms with van der Waals surface area (Å²) in [5.74, 6) is 1.01. The summed E-state index contributed by atoms with van der Waals surface area (Å²) in [7, 11) is 0. The number of anilines is 1.